The van der Waals surface area contributed by atoms with Crippen LogP contribution in [0.15, 0.2) is 70.3 Å². The van der Waals surface area contributed by atoms with Gasteiger partial charge in [0.25, 0.3) is 11.1 Å². The summed E-state index contributed by atoms with van der Waals surface area (Å²) in [4.78, 5) is 32.2. The summed E-state index contributed by atoms with van der Waals surface area (Å²) in [7, 11) is 0. The van der Waals surface area contributed by atoms with Crippen molar-refractivity contribution in [1.29, 1.82) is 0 Å². The van der Waals surface area contributed by atoms with Crippen molar-refractivity contribution in [1.82, 2.24) is 9.97 Å². The highest BCUT2D eigenvalue weighted by molar-refractivity contribution is 6.30. The van der Waals surface area contributed by atoms with Gasteiger partial charge in [0.15, 0.2) is 0 Å². The molecular weight excluding hydrogens is 452 g/mol. The standard InChI is InChI=1S/C27H21ClN2O4/c1-13-3-9-19-17(11-13)24(31)22(26(33)29-19)21(15-5-7-16(28)8-6-15)23-25(32)18-12-14(2)4-10-20(18)30-27(23)34/h3-12,21H,1-2H3,(H2,29,31,33)(H2,30,32,34). The van der Waals surface area contributed by atoms with Crippen LogP contribution in [0.2, 0.25) is 5.02 Å². The highest BCUT2D eigenvalue weighted by Crippen LogP contribution is 2.41. The second-order valence-electron chi connectivity index (χ2n) is 8.52. The average Bonchev–Trinajstić information content (AvgIpc) is 2.80. The van der Waals surface area contributed by atoms with Crippen molar-refractivity contribution in [3.63, 3.8) is 0 Å². The first kappa shape index (κ1) is 21.8. The van der Waals surface area contributed by atoms with E-state index < -0.39 is 17.0 Å². The Morgan fingerprint density at radius 1 is 0.706 bits per heavy atom. The molecule has 4 N–H and O–H groups in total. The highest BCUT2D eigenvalue weighted by atomic mass is 35.5. The van der Waals surface area contributed by atoms with Crippen LogP contribution in [0.3, 0.4) is 0 Å². The van der Waals surface area contributed by atoms with Crippen LogP contribution in [0.25, 0.3) is 21.8 Å². The lowest BCUT2D eigenvalue weighted by molar-refractivity contribution is 0.462. The van der Waals surface area contributed by atoms with Crippen molar-refractivity contribution in [2.75, 3.05) is 0 Å². The van der Waals surface area contributed by atoms with Crippen molar-refractivity contribution in [3.05, 3.63) is 114 Å². The number of rotatable bonds is 3. The highest BCUT2D eigenvalue weighted by Gasteiger charge is 2.30. The maximum absolute atomic E-state index is 13.3. The predicted molar refractivity (Wildman–Crippen MR) is 134 cm³/mol. The molecule has 5 aromatic rings. The molecule has 0 aliphatic rings. The first-order chi connectivity index (χ1) is 16.2. The fourth-order valence-electron chi connectivity index (χ4n) is 4.48. The first-order valence-corrected chi connectivity index (χ1v) is 11.1. The summed E-state index contributed by atoms with van der Waals surface area (Å²) in [5, 5.41) is 24.0. The molecule has 0 atom stereocenters. The molecule has 0 fully saturated rings. The molecule has 3 aromatic carbocycles. The van der Waals surface area contributed by atoms with Crippen molar-refractivity contribution in [2.45, 2.75) is 19.8 Å². The number of benzene rings is 3. The Kier molecular flexibility index (Phi) is 5.18. The Morgan fingerprint density at radius 2 is 1.15 bits per heavy atom. The molecule has 0 amide bonds. The van der Waals surface area contributed by atoms with Gasteiger partial charge in [0.1, 0.15) is 11.5 Å². The molecule has 170 valence electrons. The lowest BCUT2D eigenvalue weighted by Gasteiger charge is -2.21. The van der Waals surface area contributed by atoms with Gasteiger partial charge in [-0.2, -0.15) is 0 Å². The van der Waals surface area contributed by atoms with Gasteiger partial charge in [-0.1, -0.05) is 47.0 Å². The number of hydrogen-bond acceptors (Lipinski definition) is 4. The number of H-pyrrole nitrogens is 2. The van der Waals surface area contributed by atoms with Gasteiger partial charge in [-0.3, -0.25) is 9.59 Å². The van der Waals surface area contributed by atoms with E-state index in [0.29, 0.717) is 32.4 Å². The Hall–Kier alpha value is -4.03. The van der Waals surface area contributed by atoms with E-state index in [0.717, 1.165) is 11.1 Å². The lowest BCUT2D eigenvalue weighted by Crippen LogP contribution is -2.24. The van der Waals surface area contributed by atoms with Gasteiger partial charge < -0.3 is 20.2 Å². The Balaban J connectivity index is 1.91. The quantitative estimate of drug-likeness (QED) is 0.288. The van der Waals surface area contributed by atoms with Crippen LogP contribution in [0.5, 0.6) is 11.5 Å². The molecule has 0 unspecified atom stereocenters. The van der Waals surface area contributed by atoms with Gasteiger partial charge in [-0.05, 0) is 55.8 Å². The topological polar surface area (TPSA) is 106 Å². The van der Waals surface area contributed by atoms with Gasteiger partial charge in [0.2, 0.25) is 0 Å². The van der Waals surface area contributed by atoms with E-state index in [2.05, 4.69) is 9.97 Å². The maximum Gasteiger partial charge on any atom is 0.256 e. The molecule has 0 spiro atoms. The molecule has 7 heteroatoms. The van der Waals surface area contributed by atoms with E-state index in [4.69, 9.17) is 11.6 Å². The fourth-order valence-corrected chi connectivity index (χ4v) is 4.61. The number of aryl methyl sites for hydroxylation is 2. The minimum atomic E-state index is -1.06. The Bertz CT molecular complexity index is 1600. The number of nitrogens with one attached hydrogen (secondary N) is 2. The van der Waals surface area contributed by atoms with Crippen molar-refractivity contribution in [3.8, 4) is 11.5 Å². The van der Waals surface area contributed by atoms with E-state index in [1.807, 2.05) is 26.0 Å². The van der Waals surface area contributed by atoms with Gasteiger partial charge in [0.05, 0.1) is 28.1 Å². The van der Waals surface area contributed by atoms with E-state index in [1.165, 1.54) is 0 Å². The smallest absolute Gasteiger partial charge is 0.256 e. The number of aromatic amines is 2. The van der Waals surface area contributed by atoms with Crippen LogP contribution in [-0.2, 0) is 0 Å². The molecule has 2 aromatic heterocycles. The van der Waals surface area contributed by atoms with Crippen LogP contribution in [0, 0.1) is 13.8 Å². The van der Waals surface area contributed by atoms with E-state index in [9.17, 15) is 19.8 Å². The number of hydrogen-bond donors (Lipinski definition) is 4. The zero-order valence-electron chi connectivity index (χ0n) is 18.4. The molecular formula is C27H21ClN2O4. The number of fused-ring (bicyclic) bond motifs is 2. The molecule has 0 aliphatic heterocycles. The van der Waals surface area contributed by atoms with Crippen molar-refractivity contribution in [2.24, 2.45) is 0 Å². The third-order valence-corrected chi connectivity index (χ3v) is 6.39. The second-order valence-corrected chi connectivity index (χ2v) is 8.95. The van der Waals surface area contributed by atoms with Crippen LogP contribution < -0.4 is 11.1 Å². The molecule has 0 radical (unpaired) electrons. The SMILES string of the molecule is Cc1ccc2[nH]c(=O)c(C(c3ccc(Cl)cc3)c3c(O)c4cc(C)ccc4[nH]c3=O)c(O)c2c1. The summed E-state index contributed by atoms with van der Waals surface area (Å²) in [6.07, 6.45) is 0. The molecule has 6 nitrogen and oxygen atoms in total. The van der Waals surface area contributed by atoms with Crippen LogP contribution in [-0.4, -0.2) is 20.2 Å². The Morgan fingerprint density at radius 3 is 1.59 bits per heavy atom. The van der Waals surface area contributed by atoms with E-state index in [1.54, 1.807) is 48.5 Å². The Labute approximate surface area is 199 Å². The van der Waals surface area contributed by atoms with E-state index >= 15 is 0 Å². The summed E-state index contributed by atoms with van der Waals surface area (Å²) in [6.45, 7) is 3.76. The minimum Gasteiger partial charge on any atom is -0.507 e. The zero-order valence-corrected chi connectivity index (χ0v) is 19.2. The van der Waals surface area contributed by atoms with Gasteiger partial charge in [0, 0.05) is 15.8 Å². The summed E-state index contributed by atoms with van der Waals surface area (Å²) in [5.41, 5.74) is 2.06. The normalized spacial score (nSPS) is 11.5. The monoisotopic (exact) mass is 472 g/mol. The fraction of sp³-hybridized carbons (Fsp3) is 0.111. The van der Waals surface area contributed by atoms with Gasteiger partial charge >= 0.3 is 0 Å². The summed E-state index contributed by atoms with van der Waals surface area (Å²) in [6, 6.07) is 17.2. The van der Waals surface area contributed by atoms with Gasteiger partial charge in [-0.15, -0.1) is 0 Å². The number of pyridine rings is 2. The van der Waals surface area contributed by atoms with Crippen LogP contribution in [0.4, 0.5) is 0 Å². The maximum atomic E-state index is 13.3. The first-order valence-electron chi connectivity index (χ1n) is 10.7. The van der Waals surface area contributed by atoms with Crippen LogP contribution in [0.1, 0.15) is 33.7 Å². The molecule has 0 saturated carbocycles. The summed E-state index contributed by atoms with van der Waals surface area (Å²) < 4.78 is 0. The minimum absolute atomic E-state index is 0.0341. The molecule has 2 heterocycles. The molecule has 5 rings (SSSR count). The van der Waals surface area contributed by atoms with Gasteiger partial charge in [-0.25, -0.2) is 0 Å². The van der Waals surface area contributed by atoms with Crippen molar-refractivity contribution < 1.29 is 10.2 Å². The predicted octanol–water partition coefficient (Wildman–Crippen LogP) is 5.23. The average molecular weight is 473 g/mol. The summed E-state index contributed by atoms with van der Waals surface area (Å²) in [5.74, 6) is -1.55. The number of aromatic nitrogens is 2. The molecule has 0 saturated heterocycles. The number of aromatic hydroxyl groups is 2. The zero-order chi connectivity index (χ0) is 24.1. The number of halogens is 1. The third kappa shape index (κ3) is 3.53. The van der Waals surface area contributed by atoms with E-state index in [-0.39, 0.29) is 22.6 Å². The lowest BCUT2D eigenvalue weighted by atomic mass is 9.84. The van der Waals surface area contributed by atoms with Crippen molar-refractivity contribution >= 4 is 33.4 Å². The van der Waals surface area contributed by atoms with Crippen LogP contribution >= 0.6 is 11.6 Å². The molecule has 0 aliphatic carbocycles. The molecule has 34 heavy (non-hydrogen) atoms. The summed E-state index contributed by atoms with van der Waals surface area (Å²) >= 11 is 6.09. The third-order valence-electron chi connectivity index (χ3n) is 6.14. The molecule has 0 bridgehead atoms. The largest absolute Gasteiger partial charge is 0.507 e. The second kappa shape index (κ2) is 8.08.